The number of ether oxygens (including phenoxy) is 4. The molecule has 5 atom stereocenters. The Balaban J connectivity index is 5.52. The largest absolute Gasteiger partial charge is 0.472 e. The van der Waals surface area contributed by atoms with Crippen molar-refractivity contribution >= 4 is 39.5 Å². The van der Waals surface area contributed by atoms with Gasteiger partial charge in [0.05, 0.1) is 32.8 Å². The molecule has 3 N–H and O–H groups in total. The summed E-state index contributed by atoms with van der Waals surface area (Å²) in [5.74, 6) is -2.46. The maximum Gasteiger partial charge on any atom is 0.472 e. The molecule has 5 unspecified atom stereocenters. The Kier molecular flexibility index (Phi) is 73.1. The van der Waals surface area contributed by atoms with Crippen LogP contribution in [0.4, 0.5) is 0 Å². The number of allylic oxidation sites excluding steroid dienone is 29. The summed E-state index contributed by atoms with van der Waals surface area (Å²) in [4.78, 5) is 73.0. The fourth-order valence-corrected chi connectivity index (χ4v) is 11.5. The molecule has 0 heterocycles. The molecule has 17 nitrogen and oxygen atoms in total. The number of phosphoric acid groups is 2. The molecule has 0 radical (unpaired) electrons. The SMILES string of the molecule is CC/C=C\C/C=C\C/C=C\C/C=C\C/C=C\C/C=C\CCC(=O)OCC(COP(=O)(O)OCC(O)COP(=O)(O)OCC(COC(=O)CCCCCCCCC/C=C\C/C=C\C/C=C\CC)OC(=O)C/C=C\C/C=C\C/C=C\C/C=C\C/C=C\CC)OC(=O)CCCCCCC/C=C\CCCCCCCC. The van der Waals surface area contributed by atoms with Crippen molar-refractivity contribution in [1.82, 2.24) is 0 Å². The van der Waals surface area contributed by atoms with Crippen LogP contribution in [0.2, 0.25) is 0 Å². The number of rotatable bonds is 73. The van der Waals surface area contributed by atoms with Crippen LogP contribution in [-0.4, -0.2) is 96.7 Å². The second-order valence-electron chi connectivity index (χ2n) is 25.9. The van der Waals surface area contributed by atoms with Crippen molar-refractivity contribution in [2.45, 2.75) is 303 Å². The molecule has 0 aliphatic heterocycles. The van der Waals surface area contributed by atoms with E-state index in [0.717, 1.165) is 161 Å². The van der Waals surface area contributed by atoms with Gasteiger partial charge in [-0.15, -0.1) is 0 Å². The fraction of sp³-hybridized carbons (Fsp3) is 0.609. The first-order chi connectivity index (χ1) is 51.7. The smallest absolute Gasteiger partial charge is 0.462 e. The predicted molar refractivity (Wildman–Crippen MR) is 436 cm³/mol. The van der Waals surface area contributed by atoms with Crippen molar-refractivity contribution < 1.29 is 80.2 Å². The van der Waals surface area contributed by atoms with E-state index in [0.29, 0.717) is 32.1 Å². The summed E-state index contributed by atoms with van der Waals surface area (Å²) in [6.45, 7) is 4.29. The van der Waals surface area contributed by atoms with Gasteiger partial charge in [-0.1, -0.05) is 293 Å². The van der Waals surface area contributed by atoms with Gasteiger partial charge in [0.1, 0.15) is 19.3 Å². The zero-order chi connectivity index (χ0) is 77.4. The Morgan fingerprint density at radius 2 is 0.547 bits per heavy atom. The molecule has 0 amide bonds. The molecule has 0 aromatic rings. The fourth-order valence-electron chi connectivity index (χ4n) is 9.92. The second kappa shape index (κ2) is 77.3. The standard InChI is InChI=1S/C87H140O17P2/c1-5-9-13-17-21-25-29-33-37-39-40-42-46-48-52-56-60-64-68-72-85(90)98-78-83(104-87(92)74-70-66-62-58-54-50-44-36-32-28-24-20-16-12-8-4)80-102-106(95,96)100-76-81(88)75-99-105(93,94)101-79-82(103-86(91)73-69-65-61-57-53-49-43-35-31-27-23-19-15-11-7-3)77-97-84(89)71-67-63-59-55-51-47-45-41-38-34-30-26-22-18-14-10-6-2/h9-11,13-15,21-23,25-27,33-38,40,42-44,48,52-53,57,60,64-65,69,81-83,88H,5-8,12,16-20,24,28-32,39,41,45-47,49-51,54-56,58-59,61-63,66-68,70-80H2,1-4H3,(H,93,94)(H,95,96)/b13-9-,14-10-,15-11-,25-21-,26-22-,27-23-,37-33-,38-34-,42-40-,43-35-,44-36-,52-48-,57-53-,64-60-,69-65-. The lowest BCUT2D eigenvalue weighted by Gasteiger charge is -2.21. The van der Waals surface area contributed by atoms with Gasteiger partial charge in [0.2, 0.25) is 0 Å². The Morgan fingerprint density at radius 1 is 0.283 bits per heavy atom. The minimum atomic E-state index is -5.02. The Bertz CT molecular complexity index is 2730. The van der Waals surface area contributed by atoms with E-state index in [-0.39, 0.29) is 25.7 Å². The summed E-state index contributed by atoms with van der Waals surface area (Å²) < 4.78 is 68.4. The van der Waals surface area contributed by atoms with Gasteiger partial charge in [-0.2, -0.15) is 0 Å². The average molecular weight is 1520 g/mol. The van der Waals surface area contributed by atoms with Crippen molar-refractivity contribution in [3.63, 3.8) is 0 Å². The predicted octanol–water partition coefficient (Wildman–Crippen LogP) is 23.6. The van der Waals surface area contributed by atoms with Crippen LogP contribution in [0, 0.1) is 0 Å². The summed E-state index contributed by atoms with van der Waals surface area (Å²) >= 11 is 0. The molecule has 0 aromatic heterocycles. The third-order valence-electron chi connectivity index (χ3n) is 15.9. The van der Waals surface area contributed by atoms with Crippen LogP contribution in [-0.2, 0) is 65.4 Å². The van der Waals surface area contributed by atoms with E-state index in [1.165, 1.54) is 38.5 Å². The van der Waals surface area contributed by atoms with Gasteiger partial charge in [0.25, 0.3) is 0 Å². The first-order valence-electron chi connectivity index (χ1n) is 40.0. The van der Waals surface area contributed by atoms with Crippen molar-refractivity contribution in [2.24, 2.45) is 0 Å². The van der Waals surface area contributed by atoms with Crippen molar-refractivity contribution in [2.75, 3.05) is 39.6 Å². The molecular formula is C87H140O17P2. The van der Waals surface area contributed by atoms with E-state index >= 15 is 0 Å². The molecule has 106 heavy (non-hydrogen) atoms. The number of unbranched alkanes of at least 4 members (excludes halogenated alkanes) is 18. The van der Waals surface area contributed by atoms with Crippen molar-refractivity contribution in [3.05, 3.63) is 182 Å². The Labute approximate surface area is 641 Å². The first kappa shape index (κ1) is 100. The molecule has 0 saturated carbocycles. The molecule has 0 rings (SSSR count). The molecule has 0 aliphatic carbocycles. The van der Waals surface area contributed by atoms with E-state index < -0.39 is 97.5 Å². The number of hydrogen-bond acceptors (Lipinski definition) is 15. The number of phosphoric ester groups is 2. The highest BCUT2D eigenvalue weighted by atomic mass is 31.2. The summed E-state index contributed by atoms with van der Waals surface area (Å²) in [6.07, 6.45) is 93.5. The zero-order valence-corrected chi connectivity index (χ0v) is 67.3. The number of carbonyl (C=O) groups is 4. The van der Waals surface area contributed by atoms with Crippen LogP contribution in [0.3, 0.4) is 0 Å². The summed E-state index contributed by atoms with van der Waals surface area (Å²) in [5.41, 5.74) is 0. The lowest BCUT2D eigenvalue weighted by molar-refractivity contribution is -0.161. The Hall–Kier alpha value is -5.84. The van der Waals surface area contributed by atoms with Gasteiger partial charge in [-0.3, -0.25) is 37.3 Å². The maximum absolute atomic E-state index is 13.1. The molecule has 600 valence electrons. The molecule has 0 spiro atoms. The van der Waals surface area contributed by atoms with Crippen molar-refractivity contribution in [1.29, 1.82) is 0 Å². The van der Waals surface area contributed by atoms with Crippen molar-refractivity contribution in [3.8, 4) is 0 Å². The number of aliphatic hydroxyl groups is 1. The molecule has 0 saturated heterocycles. The van der Waals surface area contributed by atoms with E-state index in [1.54, 1.807) is 12.2 Å². The minimum Gasteiger partial charge on any atom is -0.462 e. The van der Waals surface area contributed by atoms with Crippen LogP contribution in [0.25, 0.3) is 0 Å². The monoisotopic (exact) mass is 1520 g/mol. The number of carbonyl (C=O) groups excluding carboxylic acids is 4. The summed E-state index contributed by atoms with van der Waals surface area (Å²) in [7, 11) is -10.0. The average Bonchev–Trinajstić information content (AvgIpc) is 0.909. The highest BCUT2D eigenvalue weighted by molar-refractivity contribution is 7.47. The third-order valence-corrected chi connectivity index (χ3v) is 17.8. The van der Waals surface area contributed by atoms with Gasteiger partial charge in [-0.25, -0.2) is 9.13 Å². The minimum absolute atomic E-state index is 0.0266. The summed E-state index contributed by atoms with van der Waals surface area (Å²) in [5, 5.41) is 10.6. The molecule has 0 fully saturated rings. The van der Waals surface area contributed by atoms with Crippen LogP contribution < -0.4 is 0 Å². The molecule has 0 aliphatic rings. The highest BCUT2D eigenvalue weighted by Gasteiger charge is 2.30. The number of aliphatic hydroxyl groups excluding tert-OH is 1. The van der Waals surface area contributed by atoms with E-state index in [4.69, 9.17) is 37.0 Å². The van der Waals surface area contributed by atoms with Crippen LogP contribution in [0.5, 0.6) is 0 Å². The van der Waals surface area contributed by atoms with E-state index in [9.17, 15) is 43.2 Å². The van der Waals surface area contributed by atoms with Gasteiger partial charge in [-0.05, 0) is 148 Å². The zero-order valence-electron chi connectivity index (χ0n) is 65.5. The van der Waals surface area contributed by atoms with Gasteiger partial charge >= 0.3 is 39.5 Å². The first-order valence-corrected chi connectivity index (χ1v) is 43.0. The molecular weight excluding hydrogens is 1380 g/mol. The van der Waals surface area contributed by atoms with Crippen LogP contribution in [0.15, 0.2) is 182 Å². The summed E-state index contributed by atoms with van der Waals surface area (Å²) in [6, 6.07) is 0. The number of hydrogen-bond donors (Lipinski definition) is 3. The lowest BCUT2D eigenvalue weighted by atomic mass is 10.1. The topological polar surface area (TPSA) is 237 Å². The van der Waals surface area contributed by atoms with Gasteiger partial charge < -0.3 is 33.8 Å². The lowest BCUT2D eigenvalue weighted by Crippen LogP contribution is -2.30. The number of esters is 4. The van der Waals surface area contributed by atoms with Crippen LogP contribution >= 0.6 is 15.6 Å². The molecule has 0 aromatic carbocycles. The molecule has 19 heteroatoms. The quantitative estimate of drug-likeness (QED) is 0.0169. The van der Waals surface area contributed by atoms with Gasteiger partial charge in [0, 0.05) is 19.3 Å². The van der Waals surface area contributed by atoms with E-state index in [1.807, 2.05) is 30.4 Å². The van der Waals surface area contributed by atoms with E-state index in [2.05, 4.69) is 167 Å². The van der Waals surface area contributed by atoms with Crippen LogP contribution in [0.1, 0.15) is 285 Å². The molecule has 0 bridgehead atoms. The highest BCUT2D eigenvalue weighted by Crippen LogP contribution is 2.45. The maximum atomic E-state index is 13.1. The second-order valence-corrected chi connectivity index (χ2v) is 28.8. The Morgan fingerprint density at radius 3 is 0.906 bits per heavy atom. The third kappa shape index (κ3) is 76.4. The normalized spacial score (nSPS) is 14.8. The van der Waals surface area contributed by atoms with Gasteiger partial charge in [0.15, 0.2) is 12.2 Å².